The van der Waals surface area contributed by atoms with Gasteiger partial charge in [-0.05, 0) is 33.3 Å². The zero-order valence-corrected chi connectivity index (χ0v) is 16.9. The number of nitrogens with zero attached hydrogens (tertiary/aromatic N) is 2. The van der Waals surface area contributed by atoms with Crippen molar-refractivity contribution >= 4 is 16.6 Å². The van der Waals surface area contributed by atoms with Crippen molar-refractivity contribution in [3.63, 3.8) is 0 Å². The number of aromatic nitrogens is 1. The minimum Gasteiger partial charge on any atom is -0.486 e. The molecule has 2 aromatic rings. The molecule has 1 aromatic heterocycles. The summed E-state index contributed by atoms with van der Waals surface area (Å²) in [5.41, 5.74) is -1.12. The molecule has 30 heavy (non-hydrogen) atoms. The fourth-order valence-corrected chi connectivity index (χ4v) is 3.60. The quantitative estimate of drug-likeness (QED) is 0.554. The lowest BCUT2D eigenvalue weighted by Crippen LogP contribution is -2.51. The molecule has 0 amide bonds. The van der Waals surface area contributed by atoms with Gasteiger partial charge in [0.15, 0.2) is 0 Å². The molecule has 0 fully saturated rings. The number of alkyl halides is 6. The summed E-state index contributed by atoms with van der Waals surface area (Å²) in [6, 6.07) is 2.43. The maximum absolute atomic E-state index is 13.7. The summed E-state index contributed by atoms with van der Waals surface area (Å²) in [7, 11) is 0. The van der Waals surface area contributed by atoms with Crippen molar-refractivity contribution in [3.05, 3.63) is 23.8 Å². The van der Waals surface area contributed by atoms with E-state index in [-0.39, 0.29) is 28.2 Å². The molecule has 0 radical (unpaired) electrons. The topological polar surface area (TPSA) is 34.6 Å². The smallest absolute Gasteiger partial charge is 0.417 e. The Morgan fingerprint density at radius 2 is 1.80 bits per heavy atom. The maximum Gasteiger partial charge on any atom is 0.417 e. The van der Waals surface area contributed by atoms with Crippen LogP contribution in [-0.2, 0) is 6.18 Å². The Bertz CT molecular complexity index is 926. The summed E-state index contributed by atoms with van der Waals surface area (Å²) < 4.78 is 91.9. The Kier molecular flexibility index (Phi) is 5.72. The van der Waals surface area contributed by atoms with Gasteiger partial charge in [0, 0.05) is 17.5 Å². The molecule has 0 saturated carbocycles. The van der Waals surface area contributed by atoms with E-state index in [9.17, 15) is 26.3 Å². The van der Waals surface area contributed by atoms with Crippen LogP contribution < -0.4 is 14.4 Å². The molecule has 2 heterocycles. The molecule has 3 rings (SSSR count). The summed E-state index contributed by atoms with van der Waals surface area (Å²) in [6.45, 7) is 5.34. The zero-order chi connectivity index (χ0) is 22.4. The van der Waals surface area contributed by atoms with Gasteiger partial charge in [0.05, 0.1) is 28.9 Å². The lowest BCUT2D eigenvalue weighted by molar-refractivity contribution is -0.136. The Hall–Kier alpha value is -2.39. The lowest BCUT2D eigenvalue weighted by Gasteiger charge is -2.42. The molecule has 2 atom stereocenters. The predicted octanol–water partition coefficient (Wildman–Crippen LogP) is 5.97. The number of ether oxygens (including phenoxy) is 2. The number of rotatable bonds is 4. The highest BCUT2D eigenvalue weighted by Crippen LogP contribution is 2.44. The van der Waals surface area contributed by atoms with E-state index in [4.69, 9.17) is 9.47 Å². The van der Waals surface area contributed by atoms with Crippen LogP contribution in [0.4, 0.5) is 32.0 Å². The molecule has 0 unspecified atom stereocenters. The molecule has 0 saturated heterocycles. The van der Waals surface area contributed by atoms with Crippen molar-refractivity contribution < 1.29 is 35.8 Å². The van der Waals surface area contributed by atoms with Gasteiger partial charge in [0.2, 0.25) is 5.88 Å². The fraction of sp³-hybridized carbons (Fsp3) is 0.550. The van der Waals surface area contributed by atoms with Crippen LogP contribution in [0, 0.1) is 0 Å². The molecule has 166 valence electrons. The number of hydrogen-bond acceptors (Lipinski definition) is 4. The molecule has 1 aromatic carbocycles. The van der Waals surface area contributed by atoms with E-state index in [2.05, 4.69) is 4.98 Å². The number of benzene rings is 1. The number of pyridine rings is 1. The first-order chi connectivity index (χ1) is 13.8. The average Bonchev–Trinajstić information content (AvgIpc) is 2.59. The maximum atomic E-state index is 13.7. The van der Waals surface area contributed by atoms with Crippen molar-refractivity contribution in [2.24, 2.45) is 0 Å². The Labute approximate surface area is 169 Å². The van der Waals surface area contributed by atoms with Crippen molar-refractivity contribution in [3.8, 4) is 11.6 Å². The van der Waals surface area contributed by atoms with Crippen molar-refractivity contribution in [2.45, 2.75) is 64.7 Å². The third kappa shape index (κ3) is 4.52. The molecule has 1 aliphatic heterocycles. The van der Waals surface area contributed by atoms with Crippen molar-refractivity contribution in [1.82, 2.24) is 4.98 Å². The highest BCUT2D eigenvalue weighted by Gasteiger charge is 2.41. The normalized spacial score (nSPS) is 19.8. The van der Waals surface area contributed by atoms with E-state index >= 15 is 0 Å². The second kappa shape index (κ2) is 7.70. The molecule has 10 heteroatoms. The highest BCUT2D eigenvalue weighted by molar-refractivity contribution is 5.90. The van der Waals surface area contributed by atoms with Gasteiger partial charge in [-0.15, -0.1) is 0 Å². The summed E-state index contributed by atoms with van der Waals surface area (Å²) in [6.07, 6.45) is -9.79. The second-order valence-corrected chi connectivity index (χ2v) is 7.56. The standard InChI is InChI=1S/C20H22F6N2O2/c1-5-16-11(4)28(9-19(21,22)23)15-6-12-13(20(24,25)26)7-18(29-10(2)3)27-14(12)8-17(15)30-16/h6-8,10-11,16H,5,9H2,1-4H3/t11-,16+/m0/s1. The number of hydrogen-bond donors (Lipinski definition) is 0. The van der Waals surface area contributed by atoms with Crippen LogP contribution >= 0.6 is 0 Å². The monoisotopic (exact) mass is 436 g/mol. The van der Waals surface area contributed by atoms with Crippen LogP contribution in [0.1, 0.15) is 39.7 Å². The third-order valence-electron chi connectivity index (χ3n) is 4.90. The minimum atomic E-state index is -4.74. The van der Waals surface area contributed by atoms with E-state index in [1.54, 1.807) is 27.7 Å². The summed E-state index contributed by atoms with van der Waals surface area (Å²) in [5.74, 6) is -0.146. The van der Waals surface area contributed by atoms with Gasteiger partial charge in [0.25, 0.3) is 0 Å². The van der Waals surface area contributed by atoms with Crippen LogP contribution in [-0.4, -0.2) is 36.0 Å². The Morgan fingerprint density at radius 3 is 2.33 bits per heavy atom. The predicted molar refractivity (Wildman–Crippen MR) is 100 cm³/mol. The summed E-state index contributed by atoms with van der Waals surface area (Å²) >= 11 is 0. The van der Waals surface area contributed by atoms with E-state index in [1.807, 2.05) is 0 Å². The van der Waals surface area contributed by atoms with Crippen molar-refractivity contribution in [2.75, 3.05) is 11.4 Å². The molecule has 0 bridgehead atoms. The minimum absolute atomic E-state index is 0.0400. The largest absolute Gasteiger partial charge is 0.486 e. The number of fused-ring (bicyclic) bond motifs is 2. The SMILES string of the molecule is CC[C@H]1Oc2cc3nc(OC(C)C)cc(C(F)(F)F)c3cc2N(CC(F)(F)F)[C@H]1C. The Balaban J connectivity index is 2.24. The fourth-order valence-electron chi connectivity index (χ4n) is 3.60. The molecule has 0 N–H and O–H groups in total. The van der Waals surface area contributed by atoms with E-state index in [0.29, 0.717) is 6.42 Å². The summed E-state index contributed by atoms with van der Waals surface area (Å²) in [5, 5.41) is -0.310. The average molecular weight is 436 g/mol. The first-order valence-corrected chi connectivity index (χ1v) is 9.53. The zero-order valence-electron chi connectivity index (χ0n) is 16.9. The van der Waals surface area contributed by atoms with Gasteiger partial charge in [-0.1, -0.05) is 6.92 Å². The van der Waals surface area contributed by atoms with E-state index in [0.717, 1.165) is 17.0 Å². The highest BCUT2D eigenvalue weighted by atomic mass is 19.4. The summed E-state index contributed by atoms with van der Waals surface area (Å²) in [4.78, 5) is 5.17. The molecule has 0 aliphatic carbocycles. The van der Waals surface area contributed by atoms with Crippen LogP contribution in [0.25, 0.3) is 10.9 Å². The molecule has 0 spiro atoms. The third-order valence-corrected chi connectivity index (χ3v) is 4.90. The molecular weight excluding hydrogens is 414 g/mol. The van der Waals surface area contributed by atoms with Gasteiger partial charge >= 0.3 is 12.4 Å². The van der Waals surface area contributed by atoms with Crippen LogP contribution in [0.15, 0.2) is 18.2 Å². The van der Waals surface area contributed by atoms with E-state index < -0.39 is 42.7 Å². The Morgan fingerprint density at radius 1 is 1.13 bits per heavy atom. The van der Waals surface area contributed by atoms with Crippen LogP contribution in [0.2, 0.25) is 0 Å². The first-order valence-electron chi connectivity index (χ1n) is 9.53. The van der Waals surface area contributed by atoms with Crippen molar-refractivity contribution in [1.29, 1.82) is 0 Å². The second-order valence-electron chi connectivity index (χ2n) is 7.56. The van der Waals surface area contributed by atoms with Gasteiger partial charge in [-0.3, -0.25) is 0 Å². The number of anilines is 1. The van der Waals surface area contributed by atoms with Gasteiger partial charge < -0.3 is 14.4 Å². The van der Waals surface area contributed by atoms with Crippen LogP contribution in [0.3, 0.4) is 0 Å². The molecule has 1 aliphatic rings. The van der Waals surface area contributed by atoms with Gasteiger partial charge in [-0.25, -0.2) is 4.98 Å². The number of halogens is 6. The van der Waals surface area contributed by atoms with E-state index in [1.165, 1.54) is 6.07 Å². The molecule has 4 nitrogen and oxygen atoms in total. The van der Waals surface area contributed by atoms with Gasteiger partial charge in [-0.2, -0.15) is 26.3 Å². The van der Waals surface area contributed by atoms with Gasteiger partial charge in [0.1, 0.15) is 18.4 Å². The molecular formula is C20H22F6N2O2. The van der Waals surface area contributed by atoms with Crippen LogP contribution in [0.5, 0.6) is 11.6 Å². The first kappa shape index (κ1) is 22.3. The lowest BCUT2D eigenvalue weighted by atomic mass is 10.0.